The summed E-state index contributed by atoms with van der Waals surface area (Å²) in [7, 11) is 0. The fourth-order valence-electron chi connectivity index (χ4n) is 4.77. The van der Waals surface area contributed by atoms with Crippen molar-refractivity contribution in [2.45, 2.75) is 20.4 Å². The molecule has 0 saturated carbocycles. The van der Waals surface area contributed by atoms with Gasteiger partial charge in [-0.1, -0.05) is 48.0 Å². The highest BCUT2D eigenvalue weighted by atomic mass is 16.6. The number of rotatable bonds is 6. The summed E-state index contributed by atoms with van der Waals surface area (Å²) in [6.45, 7) is 7.78. The van der Waals surface area contributed by atoms with Crippen molar-refractivity contribution in [3.63, 3.8) is 0 Å². The fraction of sp³-hybridized carbons (Fsp3) is 0.241. The first kappa shape index (κ1) is 24.4. The van der Waals surface area contributed by atoms with E-state index in [1.165, 1.54) is 17.7 Å². The molecule has 1 aromatic heterocycles. The molecule has 1 fully saturated rings. The molecule has 2 heterocycles. The SMILES string of the molecule is Cc1ccc(-n2nc(-c3ccc([N+](=O)[O-])cc3)cc2C(=O)N2CCN(Cc3ccccc3)CC2)c(C)c1. The van der Waals surface area contributed by atoms with Crippen molar-refractivity contribution in [2.24, 2.45) is 0 Å². The molecule has 0 spiro atoms. The molecule has 1 aliphatic heterocycles. The number of nitrogens with zero attached hydrogens (tertiary/aromatic N) is 5. The predicted octanol–water partition coefficient (Wildman–Crippen LogP) is 5.02. The van der Waals surface area contributed by atoms with E-state index in [0.29, 0.717) is 24.5 Å². The Hall–Kier alpha value is -4.30. The minimum absolute atomic E-state index is 0.0160. The van der Waals surface area contributed by atoms with Crippen molar-refractivity contribution in [2.75, 3.05) is 26.2 Å². The van der Waals surface area contributed by atoms with Crippen LogP contribution in [0.3, 0.4) is 0 Å². The summed E-state index contributed by atoms with van der Waals surface area (Å²) in [6.07, 6.45) is 0. The lowest BCUT2D eigenvalue weighted by molar-refractivity contribution is -0.384. The van der Waals surface area contributed by atoms with Crippen LogP contribution in [-0.4, -0.2) is 56.6 Å². The largest absolute Gasteiger partial charge is 0.335 e. The van der Waals surface area contributed by atoms with E-state index in [2.05, 4.69) is 23.1 Å². The molecule has 0 N–H and O–H groups in total. The molecule has 1 amide bonds. The highest BCUT2D eigenvalue weighted by Crippen LogP contribution is 2.26. The third-order valence-corrected chi connectivity index (χ3v) is 6.79. The smallest absolute Gasteiger partial charge is 0.272 e. The number of piperazine rings is 1. The number of hydrogen-bond acceptors (Lipinski definition) is 5. The quantitative estimate of drug-likeness (QED) is 0.277. The van der Waals surface area contributed by atoms with E-state index < -0.39 is 4.92 Å². The van der Waals surface area contributed by atoms with Gasteiger partial charge in [-0.3, -0.25) is 19.8 Å². The first-order valence-corrected chi connectivity index (χ1v) is 12.4. The van der Waals surface area contributed by atoms with Gasteiger partial charge in [0.25, 0.3) is 11.6 Å². The van der Waals surface area contributed by atoms with Crippen molar-refractivity contribution in [3.8, 4) is 16.9 Å². The van der Waals surface area contributed by atoms with Gasteiger partial charge < -0.3 is 4.90 Å². The van der Waals surface area contributed by atoms with Crippen molar-refractivity contribution in [1.29, 1.82) is 0 Å². The lowest BCUT2D eigenvalue weighted by Gasteiger charge is -2.34. The highest BCUT2D eigenvalue weighted by Gasteiger charge is 2.27. The van der Waals surface area contributed by atoms with Crippen LogP contribution >= 0.6 is 0 Å². The van der Waals surface area contributed by atoms with Crippen molar-refractivity contribution in [1.82, 2.24) is 19.6 Å². The van der Waals surface area contributed by atoms with Gasteiger partial charge in [-0.05, 0) is 49.2 Å². The normalized spacial score (nSPS) is 14.1. The molecule has 0 unspecified atom stereocenters. The average molecular weight is 496 g/mol. The number of carbonyl (C=O) groups is 1. The number of aromatic nitrogens is 2. The summed E-state index contributed by atoms with van der Waals surface area (Å²) in [6, 6.07) is 24.5. The van der Waals surface area contributed by atoms with Crippen LogP contribution in [0.25, 0.3) is 16.9 Å². The van der Waals surface area contributed by atoms with Gasteiger partial charge >= 0.3 is 0 Å². The number of non-ortho nitro benzene ring substituents is 1. The maximum Gasteiger partial charge on any atom is 0.272 e. The first-order valence-electron chi connectivity index (χ1n) is 12.4. The summed E-state index contributed by atoms with van der Waals surface area (Å²) in [5.74, 6) is -0.0694. The van der Waals surface area contributed by atoms with Gasteiger partial charge in [0.15, 0.2) is 0 Å². The third-order valence-electron chi connectivity index (χ3n) is 6.79. The molecule has 4 aromatic rings. The molecule has 5 rings (SSSR count). The number of nitro groups is 1. The lowest BCUT2D eigenvalue weighted by atomic mass is 10.1. The van der Waals surface area contributed by atoms with Gasteiger partial charge in [-0.15, -0.1) is 0 Å². The Labute approximate surface area is 215 Å². The average Bonchev–Trinajstić information content (AvgIpc) is 3.34. The zero-order valence-electron chi connectivity index (χ0n) is 21.0. The minimum Gasteiger partial charge on any atom is -0.335 e. The van der Waals surface area contributed by atoms with Crippen molar-refractivity contribution in [3.05, 3.63) is 111 Å². The molecule has 0 aliphatic carbocycles. The summed E-state index contributed by atoms with van der Waals surface area (Å²) in [4.78, 5) is 28.7. The second kappa shape index (κ2) is 10.4. The monoisotopic (exact) mass is 495 g/mol. The van der Waals surface area contributed by atoms with Crippen LogP contribution in [0, 0.1) is 24.0 Å². The number of nitro benzene ring substituents is 1. The Morgan fingerprint density at radius 2 is 1.62 bits per heavy atom. The van der Waals surface area contributed by atoms with Crippen LogP contribution in [0.1, 0.15) is 27.2 Å². The summed E-state index contributed by atoms with van der Waals surface area (Å²) in [5.41, 5.74) is 6.06. The second-order valence-corrected chi connectivity index (χ2v) is 9.47. The first-order chi connectivity index (χ1) is 17.9. The van der Waals surface area contributed by atoms with Crippen LogP contribution in [0.2, 0.25) is 0 Å². The van der Waals surface area contributed by atoms with Crippen molar-refractivity contribution >= 4 is 11.6 Å². The van der Waals surface area contributed by atoms with E-state index in [-0.39, 0.29) is 11.6 Å². The van der Waals surface area contributed by atoms with E-state index in [0.717, 1.165) is 42.0 Å². The van der Waals surface area contributed by atoms with Gasteiger partial charge in [-0.25, -0.2) is 4.68 Å². The van der Waals surface area contributed by atoms with E-state index >= 15 is 0 Å². The maximum atomic E-state index is 13.8. The van der Waals surface area contributed by atoms with Gasteiger partial charge in [0.05, 0.1) is 16.3 Å². The molecule has 37 heavy (non-hydrogen) atoms. The standard InChI is InChI=1S/C29H29N5O3/c1-21-8-13-27(22(2)18-21)33-28(19-26(30-33)24-9-11-25(12-10-24)34(36)37)29(35)32-16-14-31(15-17-32)20-23-6-4-3-5-7-23/h3-13,18-19H,14-17,20H2,1-2H3. The van der Waals surface area contributed by atoms with E-state index in [4.69, 9.17) is 5.10 Å². The second-order valence-electron chi connectivity index (χ2n) is 9.47. The minimum atomic E-state index is -0.426. The molecule has 0 atom stereocenters. The molecule has 8 heteroatoms. The molecule has 8 nitrogen and oxygen atoms in total. The topological polar surface area (TPSA) is 84.5 Å². The van der Waals surface area contributed by atoms with Gasteiger partial charge in [-0.2, -0.15) is 5.10 Å². The van der Waals surface area contributed by atoms with Crippen molar-refractivity contribution < 1.29 is 9.72 Å². The number of benzene rings is 3. The van der Waals surface area contributed by atoms with Crippen LogP contribution in [0.5, 0.6) is 0 Å². The third kappa shape index (κ3) is 5.29. The number of amides is 1. The Bertz CT molecular complexity index is 1420. The number of hydrogen-bond donors (Lipinski definition) is 0. The predicted molar refractivity (Wildman–Crippen MR) is 143 cm³/mol. The molecule has 0 bridgehead atoms. The molecular weight excluding hydrogens is 466 g/mol. The molecule has 0 radical (unpaired) electrons. The Morgan fingerprint density at radius 3 is 2.27 bits per heavy atom. The zero-order chi connectivity index (χ0) is 25.9. The van der Waals surface area contributed by atoms with E-state index in [1.807, 2.05) is 49.1 Å². The van der Waals surface area contributed by atoms with Gasteiger partial charge in [0.2, 0.25) is 0 Å². The maximum absolute atomic E-state index is 13.8. The Balaban J connectivity index is 1.42. The van der Waals surface area contributed by atoms with Crippen LogP contribution in [0.15, 0.2) is 78.9 Å². The van der Waals surface area contributed by atoms with Gasteiger partial charge in [0.1, 0.15) is 5.69 Å². The van der Waals surface area contributed by atoms with E-state index in [9.17, 15) is 14.9 Å². The zero-order valence-corrected chi connectivity index (χ0v) is 21.0. The Morgan fingerprint density at radius 1 is 0.919 bits per heavy atom. The molecular formula is C29H29N5O3. The van der Waals surface area contributed by atoms with Crippen LogP contribution < -0.4 is 0 Å². The summed E-state index contributed by atoms with van der Waals surface area (Å²) < 4.78 is 1.71. The molecule has 188 valence electrons. The number of carbonyl (C=O) groups excluding carboxylic acids is 1. The van der Waals surface area contributed by atoms with Gasteiger partial charge in [0, 0.05) is 50.4 Å². The summed E-state index contributed by atoms with van der Waals surface area (Å²) >= 11 is 0. The van der Waals surface area contributed by atoms with Crippen LogP contribution in [0.4, 0.5) is 5.69 Å². The molecule has 1 aliphatic rings. The van der Waals surface area contributed by atoms with Crippen LogP contribution in [-0.2, 0) is 6.54 Å². The summed E-state index contributed by atoms with van der Waals surface area (Å²) in [5, 5.41) is 15.9. The molecule has 1 saturated heterocycles. The lowest BCUT2D eigenvalue weighted by Crippen LogP contribution is -2.48. The number of aryl methyl sites for hydroxylation is 2. The highest BCUT2D eigenvalue weighted by molar-refractivity contribution is 5.94. The van der Waals surface area contributed by atoms with E-state index in [1.54, 1.807) is 22.9 Å². The molecule has 3 aromatic carbocycles. The Kier molecular flexibility index (Phi) is 6.83. The fourth-order valence-corrected chi connectivity index (χ4v) is 4.77.